The zero-order valence-electron chi connectivity index (χ0n) is 11.8. The van der Waals surface area contributed by atoms with Gasteiger partial charge in [0.05, 0.1) is 12.0 Å². The zero-order chi connectivity index (χ0) is 14.5. The predicted octanol–water partition coefficient (Wildman–Crippen LogP) is 2.98. The van der Waals surface area contributed by atoms with Crippen molar-refractivity contribution in [2.24, 2.45) is 5.73 Å². The van der Waals surface area contributed by atoms with Crippen molar-refractivity contribution in [2.45, 2.75) is 25.8 Å². The molecule has 1 amide bonds. The molecule has 0 saturated carbocycles. The summed E-state index contributed by atoms with van der Waals surface area (Å²) in [5.41, 5.74) is 6.73. The third-order valence-corrected chi connectivity index (χ3v) is 4.48. The van der Waals surface area contributed by atoms with E-state index in [-0.39, 0.29) is 17.9 Å². The molecule has 0 aliphatic rings. The van der Waals surface area contributed by atoms with Gasteiger partial charge in [-0.15, -0.1) is 11.3 Å². The molecule has 2 rings (SSSR count). The van der Waals surface area contributed by atoms with Crippen molar-refractivity contribution in [1.29, 1.82) is 0 Å². The highest BCUT2D eigenvalue weighted by Gasteiger charge is 2.21. The molecule has 0 radical (unpaired) electrons. The van der Waals surface area contributed by atoms with Crippen LogP contribution in [-0.2, 0) is 4.79 Å². The lowest BCUT2D eigenvalue weighted by Crippen LogP contribution is -2.34. The molecule has 0 spiro atoms. The second kappa shape index (κ2) is 6.68. The van der Waals surface area contributed by atoms with Crippen LogP contribution in [0, 0.1) is 6.92 Å². The minimum Gasteiger partial charge on any atom is -0.348 e. The molecule has 106 valence electrons. The van der Waals surface area contributed by atoms with Gasteiger partial charge in [-0.1, -0.05) is 30.3 Å². The summed E-state index contributed by atoms with van der Waals surface area (Å²) in [4.78, 5) is 14.8. The molecule has 2 unspecified atom stereocenters. The van der Waals surface area contributed by atoms with Crippen molar-refractivity contribution in [1.82, 2.24) is 5.32 Å². The number of hydrogen-bond acceptors (Lipinski definition) is 3. The van der Waals surface area contributed by atoms with E-state index in [0.717, 1.165) is 5.56 Å². The van der Waals surface area contributed by atoms with Gasteiger partial charge in [0.2, 0.25) is 5.91 Å². The van der Waals surface area contributed by atoms with E-state index in [1.807, 2.05) is 37.3 Å². The Bertz CT molecular complexity index is 565. The average molecular weight is 288 g/mol. The smallest absolute Gasteiger partial charge is 0.229 e. The Morgan fingerprint density at radius 1 is 1.25 bits per heavy atom. The number of carbonyl (C=O) groups is 1. The van der Waals surface area contributed by atoms with Gasteiger partial charge in [-0.3, -0.25) is 4.79 Å². The van der Waals surface area contributed by atoms with Crippen molar-refractivity contribution in [3.8, 4) is 0 Å². The van der Waals surface area contributed by atoms with Gasteiger partial charge in [0.25, 0.3) is 0 Å². The maximum Gasteiger partial charge on any atom is 0.229 e. The maximum atomic E-state index is 12.4. The van der Waals surface area contributed by atoms with Crippen LogP contribution in [0.2, 0.25) is 0 Å². The van der Waals surface area contributed by atoms with E-state index in [2.05, 4.69) is 24.4 Å². The molecular formula is C16H20N2OS. The number of aryl methyl sites for hydroxylation is 1. The number of hydrogen-bond donors (Lipinski definition) is 2. The Hall–Kier alpha value is -1.65. The largest absolute Gasteiger partial charge is 0.348 e. The molecule has 20 heavy (non-hydrogen) atoms. The van der Waals surface area contributed by atoms with Gasteiger partial charge in [-0.25, -0.2) is 0 Å². The molecule has 0 bridgehead atoms. The van der Waals surface area contributed by atoms with Gasteiger partial charge in [0.15, 0.2) is 0 Å². The Morgan fingerprint density at radius 3 is 2.50 bits per heavy atom. The van der Waals surface area contributed by atoms with Crippen LogP contribution in [0.15, 0.2) is 42.5 Å². The minimum absolute atomic E-state index is 0.0129. The second-order valence-electron chi connectivity index (χ2n) is 4.88. The first-order valence-electron chi connectivity index (χ1n) is 6.73. The molecule has 3 N–H and O–H groups in total. The Labute approximate surface area is 123 Å². The molecule has 0 aliphatic heterocycles. The molecule has 0 fully saturated rings. The quantitative estimate of drug-likeness (QED) is 0.888. The van der Waals surface area contributed by atoms with Crippen LogP contribution in [0.5, 0.6) is 0 Å². The first kappa shape index (κ1) is 14.8. The molecule has 1 aromatic carbocycles. The van der Waals surface area contributed by atoms with Crippen LogP contribution in [0.25, 0.3) is 0 Å². The van der Waals surface area contributed by atoms with E-state index in [1.54, 1.807) is 11.3 Å². The first-order chi connectivity index (χ1) is 9.61. The molecule has 0 saturated heterocycles. The fraction of sp³-hybridized carbons (Fsp3) is 0.312. The van der Waals surface area contributed by atoms with Crippen molar-refractivity contribution < 1.29 is 4.79 Å². The molecule has 3 nitrogen and oxygen atoms in total. The van der Waals surface area contributed by atoms with Crippen LogP contribution in [0.1, 0.15) is 34.2 Å². The van der Waals surface area contributed by atoms with Crippen molar-refractivity contribution >= 4 is 17.2 Å². The summed E-state index contributed by atoms with van der Waals surface area (Å²) in [6, 6.07) is 13.8. The van der Waals surface area contributed by atoms with Crippen LogP contribution >= 0.6 is 11.3 Å². The van der Waals surface area contributed by atoms with Gasteiger partial charge in [-0.05, 0) is 31.5 Å². The number of amides is 1. The molecule has 1 aromatic heterocycles. The lowest BCUT2D eigenvalue weighted by molar-refractivity contribution is -0.123. The van der Waals surface area contributed by atoms with E-state index in [0.29, 0.717) is 6.54 Å². The summed E-state index contributed by atoms with van der Waals surface area (Å²) >= 11 is 1.71. The van der Waals surface area contributed by atoms with E-state index in [1.165, 1.54) is 9.75 Å². The fourth-order valence-corrected chi connectivity index (χ4v) is 3.03. The number of thiophene rings is 1. The molecule has 1 heterocycles. The van der Waals surface area contributed by atoms with Gasteiger partial charge < -0.3 is 11.1 Å². The monoisotopic (exact) mass is 288 g/mol. The normalized spacial score (nSPS) is 13.8. The highest BCUT2D eigenvalue weighted by atomic mass is 32.1. The average Bonchev–Trinajstić information content (AvgIpc) is 2.87. The predicted molar refractivity (Wildman–Crippen MR) is 83.9 cm³/mol. The second-order valence-corrected chi connectivity index (χ2v) is 6.20. The molecule has 4 heteroatoms. The van der Waals surface area contributed by atoms with E-state index in [9.17, 15) is 4.79 Å². The number of nitrogens with two attached hydrogens (primary N) is 1. The van der Waals surface area contributed by atoms with E-state index >= 15 is 0 Å². The highest BCUT2D eigenvalue weighted by molar-refractivity contribution is 7.12. The summed E-state index contributed by atoms with van der Waals surface area (Å²) in [7, 11) is 0. The number of benzene rings is 1. The van der Waals surface area contributed by atoms with E-state index < -0.39 is 0 Å². The first-order valence-corrected chi connectivity index (χ1v) is 7.55. The fourth-order valence-electron chi connectivity index (χ4n) is 2.15. The Balaban J connectivity index is 2.06. The van der Waals surface area contributed by atoms with Crippen molar-refractivity contribution in [2.75, 3.05) is 6.54 Å². The van der Waals surface area contributed by atoms with Crippen LogP contribution in [-0.4, -0.2) is 12.5 Å². The van der Waals surface area contributed by atoms with Crippen LogP contribution in [0.3, 0.4) is 0 Å². The lowest BCUT2D eigenvalue weighted by atomic mass is 9.98. The summed E-state index contributed by atoms with van der Waals surface area (Å²) < 4.78 is 0. The molecule has 0 aliphatic carbocycles. The number of rotatable bonds is 5. The third-order valence-electron chi connectivity index (χ3n) is 3.30. The number of carbonyl (C=O) groups excluding carboxylic acids is 1. The van der Waals surface area contributed by atoms with Crippen LogP contribution in [0.4, 0.5) is 0 Å². The van der Waals surface area contributed by atoms with Crippen molar-refractivity contribution in [3.05, 3.63) is 57.8 Å². The minimum atomic E-state index is -0.292. The zero-order valence-corrected chi connectivity index (χ0v) is 12.6. The van der Waals surface area contributed by atoms with Crippen LogP contribution < -0.4 is 11.1 Å². The maximum absolute atomic E-state index is 12.4. The van der Waals surface area contributed by atoms with E-state index in [4.69, 9.17) is 5.73 Å². The van der Waals surface area contributed by atoms with Gasteiger partial charge in [0.1, 0.15) is 0 Å². The van der Waals surface area contributed by atoms with Gasteiger partial charge >= 0.3 is 0 Å². The Kier molecular flexibility index (Phi) is 4.93. The van der Waals surface area contributed by atoms with Gasteiger partial charge in [0, 0.05) is 16.3 Å². The summed E-state index contributed by atoms with van der Waals surface area (Å²) in [6.45, 7) is 4.38. The molecular weight excluding hydrogens is 268 g/mol. The third kappa shape index (κ3) is 3.46. The topological polar surface area (TPSA) is 55.1 Å². The van der Waals surface area contributed by atoms with Crippen molar-refractivity contribution in [3.63, 3.8) is 0 Å². The SMILES string of the molecule is Cc1ccc(C(C)NC(=O)C(CN)c2ccccc2)s1. The Morgan fingerprint density at radius 2 is 1.95 bits per heavy atom. The number of nitrogens with one attached hydrogen (secondary N) is 1. The summed E-state index contributed by atoms with van der Waals surface area (Å²) in [6.07, 6.45) is 0. The molecule has 2 aromatic rings. The standard InChI is InChI=1S/C16H20N2OS/c1-11-8-9-15(20-11)12(2)18-16(19)14(10-17)13-6-4-3-5-7-13/h3-9,12,14H,10,17H2,1-2H3,(H,18,19). The summed E-state index contributed by atoms with van der Waals surface area (Å²) in [5, 5.41) is 3.05. The summed E-state index contributed by atoms with van der Waals surface area (Å²) in [5.74, 6) is -0.308. The highest BCUT2D eigenvalue weighted by Crippen LogP contribution is 2.23. The lowest BCUT2D eigenvalue weighted by Gasteiger charge is -2.18. The molecule has 2 atom stereocenters. The van der Waals surface area contributed by atoms with Gasteiger partial charge in [-0.2, -0.15) is 0 Å².